The minimum atomic E-state index is -0.422. The number of nitrogens with one attached hydrogen (secondary N) is 1. The van der Waals surface area contributed by atoms with Gasteiger partial charge in [-0.1, -0.05) is 20.8 Å². The fourth-order valence-electron chi connectivity index (χ4n) is 9.24. The maximum Gasteiger partial charge on any atom is 0.220 e. The summed E-state index contributed by atoms with van der Waals surface area (Å²) >= 11 is 0. The zero-order chi connectivity index (χ0) is 24.3. The van der Waals surface area contributed by atoms with Crippen molar-refractivity contribution in [3.05, 3.63) is 24.2 Å². The van der Waals surface area contributed by atoms with E-state index in [0.717, 1.165) is 50.7 Å². The molecule has 4 saturated carbocycles. The molecule has 6 heteroatoms. The molecule has 5 unspecified atom stereocenters. The Morgan fingerprint density at radius 2 is 1.94 bits per heavy atom. The minimum absolute atomic E-state index is 0.0212. The lowest BCUT2D eigenvalue weighted by Gasteiger charge is -2.63. The van der Waals surface area contributed by atoms with E-state index in [2.05, 4.69) is 26.1 Å². The number of furan rings is 1. The van der Waals surface area contributed by atoms with Crippen molar-refractivity contribution in [3.8, 4) is 0 Å². The van der Waals surface area contributed by atoms with Gasteiger partial charge in [-0.15, -0.1) is 0 Å². The monoisotopic (exact) mass is 473 g/mol. The highest BCUT2D eigenvalue weighted by atomic mass is 16.3. The van der Waals surface area contributed by atoms with Gasteiger partial charge >= 0.3 is 0 Å². The molecule has 0 aromatic carbocycles. The lowest BCUT2D eigenvalue weighted by Crippen LogP contribution is -2.62. The summed E-state index contributed by atoms with van der Waals surface area (Å²) in [6, 6.07) is 3.67. The molecule has 4 aliphatic carbocycles. The topological polar surface area (TPSA) is 103 Å². The number of aliphatic hydroxyl groups excluding tert-OH is 3. The smallest absolute Gasteiger partial charge is 0.220 e. The van der Waals surface area contributed by atoms with Crippen molar-refractivity contribution in [1.82, 2.24) is 5.32 Å². The summed E-state index contributed by atoms with van der Waals surface area (Å²) in [4.78, 5) is 12.7. The summed E-state index contributed by atoms with van der Waals surface area (Å²) in [6.45, 7) is 7.15. The standard InChI is InChI=1S/C28H43NO5/c1-16(11-25(33)29-15-19-5-4-10-34-19)20-6-7-21-26-22(14-24(32)28(20,21)3)27(2)9-8-18(30)12-17(27)13-23(26)31/h4-5,10,16-18,20-24,26,30-32H,6-9,11-15H2,1-3H3,(H,29,33)/t16-,17?,18-,20?,21+,22+,23-,24+,26?,27?,28?/m1/s1. The molecule has 190 valence electrons. The number of carbonyl (C=O) groups is 1. The van der Waals surface area contributed by atoms with Crippen molar-refractivity contribution < 1.29 is 24.5 Å². The van der Waals surface area contributed by atoms with Crippen LogP contribution >= 0.6 is 0 Å². The van der Waals surface area contributed by atoms with Gasteiger partial charge in [0, 0.05) is 6.42 Å². The molecule has 0 saturated heterocycles. The predicted molar refractivity (Wildman–Crippen MR) is 128 cm³/mol. The van der Waals surface area contributed by atoms with Crippen LogP contribution in [-0.2, 0) is 11.3 Å². The van der Waals surface area contributed by atoms with Crippen LogP contribution in [0.2, 0.25) is 0 Å². The Labute approximate surface area is 203 Å². The van der Waals surface area contributed by atoms with Gasteiger partial charge in [0.15, 0.2) is 0 Å². The molecule has 0 aliphatic heterocycles. The molecule has 0 radical (unpaired) electrons. The van der Waals surface area contributed by atoms with Crippen LogP contribution in [0.4, 0.5) is 0 Å². The van der Waals surface area contributed by atoms with Crippen molar-refractivity contribution in [1.29, 1.82) is 0 Å². The summed E-state index contributed by atoms with van der Waals surface area (Å²) in [7, 11) is 0. The van der Waals surface area contributed by atoms with E-state index in [1.165, 1.54) is 0 Å². The summed E-state index contributed by atoms with van der Waals surface area (Å²) in [5, 5.41) is 36.3. The van der Waals surface area contributed by atoms with Crippen molar-refractivity contribution in [2.45, 2.75) is 97.0 Å². The largest absolute Gasteiger partial charge is 0.467 e. The fraction of sp³-hybridized carbons (Fsp3) is 0.821. The lowest BCUT2D eigenvalue weighted by atomic mass is 9.43. The molecular weight excluding hydrogens is 430 g/mol. The molecular formula is C28H43NO5. The van der Waals surface area contributed by atoms with Crippen LogP contribution in [0.15, 0.2) is 22.8 Å². The van der Waals surface area contributed by atoms with Crippen LogP contribution in [0.25, 0.3) is 0 Å². The molecule has 4 aliphatic rings. The fourth-order valence-corrected chi connectivity index (χ4v) is 9.24. The van der Waals surface area contributed by atoms with Crippen LogP contribution in [0.1, 0.15) is 77.9 Å². The number of rotatable bonds is 5. The van der Waals surface area contributed by atoms with Crippen LogP contribution < -0.4 is 5.32 Å². The third-order valence-corrected chi connectivity index (χ3v) is 11.1. The van der Waals surface area contributed by atoms with Gasteiger partial charge in [-0.05, 0) is 103 Å². The lowest BCUT2D eigenvalue weighted by molar-refractivity contribution is -0.207. The maximum absolute atomic E-state index is 12.7. The number of amides is 1. The molecule has 5 rings (SSSR count). The van der Waals surface area contributed by atoms with Gasteiger partial charge in [0.25, 0.3) is 0 Å². The Kier molecular flexibility index (Phi) is 6.39. The average Bonchev–Trinajstić information content (AvgIpc) is 3.42. The van der Waals surface area contributed by atoms with E-state index in [-0.39, 0.29) is 52.6 Å². The van der Waals surface area contributed by atoms with Crippen molar-refractivity contribution in [2.24, 2.45) is 46.3 Å². The molecule has 0 spiro atoms. The van der Waals surface area contributed by atoms with Gasteiger partial charge in [-0.2, -0.15) is 0 Å². The van der Waals surface area contributed by atoms with Crippen LogP contribution in [0, 0.1) is 46.3 Å². The van der Waals surface area contributed by atoms with E-state index in [4.69, 9.17) is 4.42 Å². The second kappa shape index (κ2) is 8.94. The van der Waals surface area contributed by atoms with Crippen LogP contribution in [-0.4, -0.2) is 39.5 Å². The molecule has 1 aromatic heterocycles. The normalized spacial score (nSPS) is 46.8. The molecule has 4 fully saturated rings. The number of fused-ring (bicyclic) bond motifs is 5. The first-order valence-corrected chi connectivity index (χ1v) is 13.5. The second-order valence-electron chi connectivity index (χ2n) is 12.6. The zero-order valence-electron chi connectivity index (χ0n) is 21.0. The van der Waals surface area contributed by atoms with E-state index < -0.39 is 6.10 Å². The summed E-state index contributed by atoms with van der Waals surface area (Å²) in [5.41, 5.74) is -0.193. The molecule has 1 amide bonds. The molecule has 6 nitrogen and oxygen atoms in total. The van der Waals surface area contributed by atoms with Crippen molar-refractivity contribution >= 4 is 5.91 Å². The summed E-state index contributed by atoms with van der Waals surface area (Å²) in [6.07, 6.45) is 7.11. The Morgan fingerprint density at radius 1 is 1.15 bits per heavy atom. The number of hydrogen-bond acceptors (Lipinski definition) is 5. The highest BCUT2D eigenvalue weighted by Crippen LogP contribution is 2.68. The highest BCUT2D eigenvalue weighted by molar-refractivity contribution is 5.76. The van der Waals surface area contributed by atoms with Gasteiger partial charge in [0.1, 0.15) is 5.76 Å². The first kappa shape index (κ1) is 24.3. The first-order valence-electron chi connectivity index (χ1n) is 13.5. The molecule has 4 N–H and O–H groups in total. The van der Waals surface area contributed by atoms with Gasteiger partial charge in [0.2, 0.25) is 5.91 Å². The number of aliphatic hydroxyl groups is 3. The summed E-state index contributed by atoms with van der Waals surface area (Å²) < 4.78 is 5.32. The van der Waals surface area contributed by atoms with Crippen LogP contribution in [0.3, 0.4) is 0 Å². The SMILES string of the molecule is C[C@H](CC(=O)NCc1ccco1)C1CC[C@H]2C3[C@H](O)CC4C[C@H](O)CCC4(C)[C@H]3C[C@H](O)C12C. The Hall–Kier alpha value is -1.37. The van der Waals surface area contributed by atoms with E-state index in [0.29, 0.717) is 24.8 Å². The molecule has 1 aromatic rings. The summed E-state index contributed by atoms with van der Waals surface area (Å²) in [5.74, 6) is 2.30. The van der Waals surface area contributed by atoms with E-state index in [1.807, 2.05) is 12.1 Å². The average molecular weight is 474 g/mol. The highest BCUT2D eigenvalue weighted by Gasteiger charge is 2.65. The zero-order valence-corrected chi connectivity index (χ0v) is 21.0. The van der Waals surface area contributed by atoms with Crippen molar-refractivity contribution in [2.75, 3.05) is 0 Å². The first-order chi connectivity index (χ1) is 16.1. The van der Waals surface area contributed by atoms with E-state index in [9.17, 15) is 20.1 Å². The van der Waals surface area contributed by atoms with Crippen LogP contribution in [0.5, 0.6) is 0 Å². The van der Waals surface area contributed by atoms with E-state index in [1.54, 1.807) is 6.26 Å². The van der Waals surface area contributed by atoms with Gasteiger partial charge in [-0.25, -0.2) is 0 Å². The number of hydrogen-bond donors (Lipinski definition) is 4. The Morgan fingerprint density at radius 3 is 2.68 bits per heavy atom. The Bertz CT molecular complexity index is 872. The van der Waals surface area contributed by atoms with Gasteiger partial charge < -0.3 is 25.1 Å². The maximum atomic E-state index is 12.7. The molecule has 1 heterocycles. The van der Waals surface area contributed by atoms with E-state index >= 15 is 0 Å². The second-order valence-corrected chi connectivity index (χ2v) is 12.6. The third-order valence-electron chi connectivity index (χ3n) is 11.1. The molecule has 11 atom stereocenters. The Balaban J connectivity index is 1.31. The number of carbonyl (C=O) groups excluding carboxylic acids is 1. The quantitative estimate of drug-likeness (QED) is 0.520. The van der Waals surface area contributed by atoms with Gasteiger partial charge in [0.05, 0.1) is 31.1 Å². The van der Waals surface area contributed by atoms with Gasteiger partial charge in [-0.3, -0.25) is 4.79 Å². The third kappa shape index (κ3) is 3.84. The predicted octanol–water partition coefficient (Wildman–Crippen LogP) is 3.88. The minimum Gasteiger partial charge on any atom is -0.467 e. The van der Waals surface area contributed by atoms with Crippen molar-refractivity contribution in [3.63, 3.8) is 0 Å². The molecule has 0 bridgehead atoms. The molecule has 34 heavy (non-hydrogen) atoms.